The highest BCUT2D eigenvalue weighted by atomic mass is 16.1. The minimum Gasteiger partial charge on any atom is -0.356 e. The Balaban J connectivity index is 1.29. The fraction of sp³-hybridized carbons (Fsp3) is 0.522. The summed E-state index contributed by atoms with van der Waals surface area (Å²) in [5.41, 5.74) is 2.41. The molecule has 29 heavy (non-hydrogen) atoms. The molecule has 1 N–H and O–H groups in total. The minimum atomic E-state index is 0.104. The third kappa shape index (κ3) is 7.13. The van der Waals surface area contributed by atoms with Crippen molar-refractivity contribution in [3.8, 4) is 0 Å². The van der Waals surface area contributed by atoms with Crippen LogP contribution in [0.4, 0.5) is 5.95 Å². The van der Waals surface area contributed by atoms with Crippen LogP contribution in [-0.4, -0.2) is 60.0 Å². The normalized spacial score (nSPS) is 14.9. The van der Waals surface area contributed by atoms with Crippen LogP contribution in [0.1, 0.15) is 31.4 Å². The zero-order valence-corrected chi connectivity index (χ0v) is 17.7. The Bertz CT molecular complexity index is 740. The van der Waals surface area contributed by atoms with Gasteiger partial charge in [0.1, 0.15) is 0 Å². The summed E-state index contributed by atoms with van der Waals surface area (Å²) in [5.74, 6) is 1.57. The number of amides is 1. The first-order valence-electron chi connectivity index (χ1n) is 10.7. The van der Waals surface area contributed by atoms with Gasteiger partial charge in [-0.1, -0.05) is 38.1 Å². The zero-order chi connectivity index (χ0) is 20.5. The molecule has 0 unspecified atom stereocenters. The van der Waals surface area contributed by atoms with E-state index in [0.717, 1.165) is 63.6 Å². The molecule has 0 aliphatic carbocycles. The molecule has 156 valence electrons. The van der Waals surface area contributed by atoms with E-state index in [1.54, 1.807) is 12.4 Å². The van der Waals surface area contributed by atoms with Gasteiger partial charge >= 0.3 is 0 Å². The highest BCUT2D eigenvalue weighted by molar-refractivity contribution is 5.78. The van der Waals surface area contributed by atoms with Gasteiger partial charge < -0.3 is 10.2 Å². The first kappa shape index (κ1) is 21.2. The lowest BCUT2D eigenvalue weighted by molar-refractivity contribution is -0.120. The first-order valence-corrected chi connectivity index (χ1v) is 10.7. The van der Waals surface area contributed by atoms with Crippen molar-refractivity contribution < 1.29 is 4.79 Å². The van der Waals surface area contributed by atoms with Crippen molar-refractivity contribution in [2.24, 2.45) is 5.92 Å². The molecule has 0 saturated carbocycles. The third-order valence-electron chi connectivity index (χ3n) is 5.21. The smallest absolute Gasteiger partial charge is 0.225 e. The largest absolute Gasteiger partial charge is 0.356 e. The van der Waals surface area contributed by atoms with Gasteiger partial charge in [0.15, 0.2) is 0 Å². The van der Waals surface area contributed by atoms with Gasteiger partial charge in [0.05, 0.1) is 6.42 Å². The summed E-state index contributed by atoms with van der Waals surface area (Å²) in [6, 6.07) is 10.3. The van der Waals surface area contributed by atoms with E-state index in [1.807, 2.05) is 6.07 Å². The maximum atomic E-state index is 12.2. The second-order valence-corrected chi connectivity index (χ2v) is 8.17. The Morgan fingerprint density at radius 2 is 1.69 bits per heavy atom. The van der Waals surface area contributed by atoms with Crippen LogP contribution in [0, 0.1) is 5.92 Å². The van der Waals surface area contributed by atoms with E-state index in [-0.39, 0.29) is 5.91 Å². The number of nitrogens with one attached hydrogen (secondary N) is 1. The number of hydrogen-bond donors (Lipinski definition) is 1. The van der Waals surface area contributed by atoms with Crippen LogP contribution in [0.2, 0.25) is 0 Å². The maximum absolute atomic E-state index is 12.2. The van der Waals surface area contributed by atoms with Gasteiger partial charge in [0.2, 0.25) is 11.9 Å². The summed E-state index contributed by atoms with van der Waals surface area (Å²) < 4.78 is 0. The van der Waals surface area contributed by atoms with Gasteiger partial charge in [0, 0.05) is 45.1 Å². The number of anilines is 1. The Morgan fingerprint density at radius 1 is 1.03 bits per heavy atom. The number of hydrogen-bond acceptors (Lipinski definition) is 5. The zero-order valence-electron chi connectivity index (χ0n) is 17.7. The van der Waals surface area contributed by atoms with Crippen molar-refractivity contribution in [2.45, 2.75) is 33.1 Å². The molecule has 1 saturated heterocycles. The fourth-order valence-corrected chi connectivity index (χ4v) is 3.67. The monoisotopic (exact) mass is 395 g/mol. The quantitative estimate of drug-likeness (QED) is 0.661. The molecule has 1 aromatic carbocycles. The van der Waals surface area contributed by atoms with Crippen LogP contribution in [-0.2, 0) is 17.6 Å². The van der Waals surface area contributed by atoms with Gasteiger partial charge in [-0.2, -0.15) is 0 Å². The van der Waals surface area contributed by atoms with Crippen LogP contribution < -0.4 is 10.2 Å². The summed E-state index contributed by atoms with van der Waals surface area (Å²) in [6.45, 7) is 10.1. The van der Waals surface area contributed by atoms with Gasteiger partial charge in [-0.25, -0.2) is 9.97 Å². The van der Waals surface area contributed by atoms with Gasteiger partial charge in [-0.05, 0) is 42.5 Å². The number of piperazine rings is 1. The molecule has 0 atom stereocenters. The summed E-state index contributed by atoms with van der Waals surface area (Å²) in [6.07, 6.45) is 6.09. The molecule has 3 rings (SSSR count). The molecular weight excluding hydrogens is 362 g/mol. The van der Waals surface area contributed by atoms with Crippen LogP contribution in [0.25, 0.3) is 0 Å². The average Bonchev–Trinajstić information content (AvgIpc) is 2.73. The van der Waals surface area contributed by atoms with Crippen molar-refractivity contribution in [3.05, 3.63) is 53.9 Å². The Kier molecular flexibility index (Phi) is 7.99. The SMILES string of the molecule is CC(C)Cc1ccc(CC(=O)NCCCN2CCN(c3ncccn3)CC2)cc1. The standard InChI is InChI=1S/C23H33N5O/c1-19(2)17-20-5-7-21(8-6-20)18-22(29)24-11-4-12-27-13-15-28(16-14-27)23-25-9-3-10-26-23/h3,5-10,19H,4,11-18H2,1-2H3,(H,24,29). The predicted octanol–water partition coefficient (Wildman–Crippen LogP) is 2.55. The molecule has 1 aliphatic heterocycles. The van der Waals surface area contributed by atoms with Gasteiger partial charge in [-0.3, -0.25) is 9.69 Å². The topological polar surface area (TPSA) is 61.4 Å². The summed E-state index contributed by atoms with van der Waals surface area (Å²) in [4.78, 5) is 25.5. The van der Waals surface area contributed by atoms with Crippen LogP contribution in [0.5, 0.6) is 0 Å². The van der Waals surface area contributed by atoms with E-state index in [9.17, 15) is 4.79 Å². The summed E-state index contributed by atoms with van der Waals surface area (Å²) in [5, 5.41) is 3.06. The van der Waals surface area contributed by atoms with Gasteiger partial charge in [0.25, 0.3) is 0 Å². The molecule has 0 spiro atoms. The van der Waals surface area contributed by atoms with Crippen LogP contribution >= 0.6 is 0 Å². The number of nitrogens with zero attached hydrogens (tertiary/aromatic N) is 4. The number of rotatable bonds is 9. The van der Waals surface area contributed by atoms with Crippen molar-refractivity contribution in [1.82, 2.24) is 20.2 Å². The Labute approximate surface area is 174 Å². The van der Waals surface area contributed by atoms with Crippen molar-refractivity contribution >= 4 is 11.9 Å². The van der Waals surface area contributed by atoms with Crippen molar-refractivity contribution in [1.29, 1.82) is 0 Å². The van der Waals surface area contributed by atoms with E-state index >= 15 is 0 Å². The van der Waals surface area contributed by atoms with Crippen molar-refractivity contribution in [2.75, 3.05) is 44.2 Å². The van der Waals surface area contributed by atoms with E-state index in [1.165, 1.54) is 5.56 Å². The lowest BCUT2D eigenvalue weighted by Crippen LogP contribution is -2.47. The average molecular weight is 396 g/mol. The molecule has 1 amide bonds. The fourth-order valence-electron chi connectivity index (χ4n) is 3.67. The third-order valence-corrected chi connectivity index (χ3v) is 5.21. The Morgan fingerprint density at radius 3 is 2.34 bits per heavy atom. The molecule has 2 heterocycles. The number of aromatic nitrogens is 2. The second kappa shape index (κ2) is 10.9. The molecule has 2 aromatic rings. The van der Waals surface area contributed by atoms with Gasteiger partial charge in [-0.15, -0.1) is 0 Å². The number of carbonyl (C=O) groups excluding carboxylic acids is 1. The van der Waals surface area contributed by atoms with Crippen LogP contribution in [0.3, 0.4) is 0 Å². The number of carbonyl (C=O) groups is 1. The maximum Gasteiger partial charge on any atom is 0.225 e. The lowest BCUT2D eigenvalue weighted by Gasteiger charge is -2.34. The minimum absolute atomic E-state index is 0.104. The lowest BCUT2D eigenvalue weighted by atomic mass is 10.0. The van der Waals surface area contributed by atoms with E-state index in [2.05, 4.69) is 63.2 Å². The molecule has 1 fully saturated rings. The van der Waals surface area contributed by atoms with E-state index in [0.29, 0.717) is 12.3 Å². The molecule has 0 radical (unpaired) electrons. The predicted molar refractivity (Wildman–Crippen MR) is 117 cm³/mol. The van der Waals surface area contributed by atoms with Crippen LogP contribution in [0.15, 0.2) is 42.7 Å². The summed E-state index contributed by atoms with van der Waals surface area (Å²) >= 11 is 0. The highest BCUT2D eigenvalue weighted by Gasteiger charge is 2.18. The van der Waals surface area contributed by atoms with Crippen molar-refractivity contribution in [3.63, 3.8) is 0 Å². The summed E-state index contributed by atoms with van der Waals surface area (Å²) in [7, 11) is 0. The molecular formula is C23H33N5O. The first-order chi connectivity index (χ1) is 14.1. The molecule has 6 nitrogen and oxygen atoms in total. The highest BCUT2D eigenvalue weighted by Crippen LogP contribution is 2.11. The Hall–Kier alpha value is -2.47. The molecule has 0 bridgehead atoms. The molecule has 6 heteroatoms. The van der Waals surface area contributed by atoms with E-state index in [4.69, 9.17) is 0 Å². The van der Waals surface area contributed by atoms with E-state index < -0.39 is 0 Å². The number of benzene rings is 1. The molecule has 1 aliphatic rings. The second-order valence-electron chi connectivity index (χ2n) is 8.17. The molecule has 1 aromatic heterocycles.